The van der Waals surface area contributed by atoms with Crippen LogP contribution in [0.3, 0.4) is 0 Å². The number of hydrogen-bond donors (Lipinski definition) is 0. The zero-order valence-electron chi connectivity index (χ0n) is 7.08. The molecule has 0 aliphatic rings. The minimum Gasteiger partial charge on any atom is -0.293 e. The summed E-state index contributed by atoms with van der Waals surface area (Å²) >= 11 is 1.67. The molecule has 1 aromatic heterocycles. The average Bonchev–Trinajstić information content (AvgIpc) is 2.65. The Bertz CT molecular complexity index is 573. The summed E-state index contributed by atoms with van der Waals surface area (Å²) in [6, 6.07) is 13.5. The van der Waals surface area contributed by atoms with Crippen molar-refractivity contribution in [1.82, 2.24) is 4.98 Å². The van der Waals surface area contributed by atoms with Crippen molar-refractivity contribution in [1.29, 1.82) is 0 Å². The molecule has 0 saturated carbocycles. The molecule has 0 saturated heterocycles. The van der Waals surface area contributed by atoms with Crippen LogP contribution in [0.2, 0.25) is 0 Å². The van der Waals surface area contributed by atoms with Gasteiger partial charge >= 0.3 is 0 Å². The van der Waals surface area contributed by atoms with Gasteiger partial charge in [-0.2, -0.15) is 0 Å². The summed E-state index contributed by atoms with van der Waals surface area (Å²) in [6.45, 7) is 0. The van der Waals surface area contributed by atoms with Crippen LogP contribution in [0, 0.1) is 6.07 Å². The molecular weight excluding hydrogens is 440 g/mol. The quantitative estimate of drug-likeness (QED) is 0.484. The van der Waals surface area contributed by atoms with Crippen LogP contribution in [-0.2, 0) is 0 Å². The standard InChI is InChI=1S/C11H6NS.Lr/c1-2-4-9-8(3-1)5-6-10-11(9)12-7-13-10;/h1-3,5-7H;/q-1;. The molecular formula is C11H6LrNS-. The molecule has 0 aliphatic carbocycles. The maximum Gasteiger partial charge on any atom is 0.0683 e. The molecule has 3 heteroatoms. The van der Waals surface area contributed by atoms with Crippen molar-refractivity contribution in [2.45, 2.75) is 0 Å². The van der Waals surface area contributed by atoms with Crippen LogP contribution in [0.5, 0.6) is 0 Å². The van der Waals surface area contributed by atoms with Crippen molar-refractivity contribution < 1.29 is 0 Å². The fourth-order valence-electron chi connectivity index (χ4n) is 1.52. The van der Waals surface area contributed by atoms with Gasteiger partial charge in [-0.25, -0.2) is 0 Å². The van der Waals surface area contributed by atoms with Gasteiger partial charge in [0.1, 0.15) is 0 Å². The number of aromatic nitrogens is 1. The van der Waals surface area contributed by atoms with E-state index < -0.39 is 0 Å². The SMILES string of the molecule is [Lr].[c-]1cccc2ccc3scnc3c12. The molecule has 0 N–H and O–H groups in total. The number of hydrogen-bond acceptors (Lipinski definition) is 2. The van der Waals surface area contributed by atoms with Gasteiger partial charge in [-0.1, -0.05) is 12.1 Å². The van der Waals surface area contributed by atoms with Gasteiger partial charge in [0.25, 0.3) is 0 Å². The topological polar surface area (TPSA) is 12.9 Å². The fourth-order valence-corrected chi connectivity index (χ4v) is 2.21. The van der Waals surface area contributed by atoms with Crippen molar-refractivity contribution in [3.8, 4) is 0 Å². The van der Waals surface area contributed by atoms with Gasteiger partial charge in [0, 0.05) is 10.2 Å². The third-order valence-corrected chi connectivity index (χ3v) is 2.93. The first-order chi connectivity index (χ1) is 6.45. The smallest absolute Gasteiger partial charge is 0.0683 e. The van der Waals surface area contributed by atoms with Crippen LogP contribution in [0.15, 0.2) is 35.8 Å². The summed E-state index contributed by atoms with van der Waals surface area (Å²) in [6.07, 6.45) is 0. The van der Waals surface area contributed by atoms with Gasteiger partial charge in [0.15, 0.2) is 0 Å². The van der Waals surface area contributed by atoms with Gasteiger partial charge in [0.05, 0.1) is 5.51 Å². The Balaban J connectivity index is 0.000000750. The number of rotatable bonds is 0. The number of nitrogens with zero attached hydrogens (tertiary/aromatic N) is 1. The summed E-state index contributed by atoms with van der Waals surface area (Å²) in [5.74, 6) is 0. The first kappa shape index (κ1) is 8.20. The average molecular weight is 446 g/mol. The Morgan fingerprint density at radius 3 is 3.07 bits per heavy atom. The fraction of sp³-hybridized carbons (Fsp3) is 0. The van der Waals surface area contributed by atoms with E-state index in [2.05, 4.69) is 29.2 Å². The van der Waals surface area contributed by atoms with Gasteiger partial charge < -0.3 is 0 Å². The number of fused-ring (bicyclic) bond motifs is 3. The molecule has 2 aromatic carbocycles. The van der Waals surface area contributed by atoms with E-state index in [0.717, 1.165) is 10.9 Å². The molecule has 1 heterocycles. The Morgan fingerprint density at radius 1 is 1.21 bits per heavy atom. The molecule has 0 amide bonds. The first-order valence-electron chi connectivity index (χ1n) is 4.08. The third-order valence-electron chi connectivity index (χ3n) is 2.13. The predicted octanol–water partition coefficient (Wildman–Crippen LogP) is 3.25. The zero-order chi connectivity index (χ0) is 8.67. The molecule has 0 fully saturated rings. The van der Waals surface area contributed by atoms with Gasteiger partial charge in [0.2, 0.25) is 0 Å². The second kappa shape index (κ2) is 2.82. The van der Waals surface area contributed by atoms with Crippen molar-refractivity contribution in [2.75, 3.05) is 0 Å². The van der Waals surface area contributed by atoms with E-state index >= 15 is 0 Å². The Labute approximate surface area is 79.7 Å². The van der Waals surface area contributed by atoms with Crippen LogP contribution in [-0.4, -0.2) is 4.98 Å². The molecule has 1 nitrogen and oxygen atoms in total. The maximum absolute atomic E-state index is 4.33. The summed E-state index contributed by atoms with van der Waals surface area (Å²) in [4.78, 5) is 4.33. The molecule has 0 unspecified atom stereocenters. The molecule has 1 radical (unpaired) electrons. The van der Waals surface area contributed by atoms with Crippen LogP contribution in [0.1, 0.15) is 0 Å². The Kier molecular flexibility index (Phi) is 1.65. The summed E-state index contributed by atoms with van der Waals surface area (Å²) < 4.78 is 1.23. The molecule has 0 spiro atoms. The molecule has 77 valence electrons. The van der Waals surface area contributed by atoms with Gasteiger partial charge in [-0.05, 0) is 0 Å². The molecule has 14 heavy (non-hydrogen) atoms. The van der Waals surface area contributed by atoms with Gasteiger partial charge in [-0.3, -0.25) is 4.98 Å². The number of thiazole rings is 1. The summed E-state index contributed by atoms with van der Waals surface area (Å²) in [7, 11) is 0. The van der Waals surface area contributed by atoms with Crippen LogP contribution >= 0.6 is 11.3 Å². The summed E-state index contributed by atoms with van der Waals surface area (Å²) in [5.41, 5.74) is 2.95. The van der Waals surface area contributed by atoms with Crippen molar-refractivity contribution in [3.63, 3.8) is 0 Å². The van der Waals surface area contributed by atoms with E-state index in [-0.39, 0.29) is 0 Å². The molecule has 0 bridgehead atoms. The van der Waals surface area contributed by atoms with E-state index in [1.54, 1.807) is 11.3 Å². The molecule has 3 aromatic rings. The normalized spacial score (nSPS) is 10.3. The molecule has 0 atom stereocenters. The second-order valence-electron chi connectivity index (χ2n) is 2.90. The summed E-state index contributed by atoms with van der Waals surface area (Å²) in [5, 5.41) is 2.34. The Morgan fingerprint density at radius 2 is 2.14 bits per heavy atom. The van der Waals surface area contributed by atoms with E-state index in [1.165, 1.54) is 10.1 Å². The van der Waals surface area contributed by atoms with Crippen LogP contribution in [0.25, 0.3) is 21.0 Å². The van der Waals surface area contributed by atoms with E-state index in [0.29, 0.717) is 0 Å². The monoisotopic (exact) mass is 446 g/mol. The third kappa shape index (κ3) is 0.930. The molecule has 0 aliphatic heterocycles. The zero-order valence-corrected chi connectivity index (χ0v) is 10.0. The van der Waals surface area contributed by atoms with E-state index in [1.807, 2.05) is 17.6 Å². The van der Waals surface area contributed by atoms with Crippen molar-refractivity contribution in [3.05, 3.63) is 41.9 Å². The number of benzene rings is 2. The Hall–Kier alpha value is -2.41. The first-order valence-corrected chi connectivity index (χ1v) is 4.96. The van der Waals surface area contributed by atoms with Gasteiger partial charge in [-0.15, -0.1) is 46.4 Å². The van der Waals surface area contributed by atoms with E-state index in [4.69, 9.17) is 0 Å². The maximum atomic E-state index is 4.33. The van der Waals surface area contributed by atoms with Crippen molar-refractivity contribution in [2.24, 2.45) is 0 Å². The second-order valence-corrected chi connectivity index (χ2v) is 3.79. The van der Waals surface area contributed by atoms with E-state index in [9.17, 15) is 0 Å². The minimum absolute atomic E-state index is 0. The predicted molar refractivity (Wildman–Crippen MR) is 56.0 cm³/mol. The van der Waals surface area contributed by atoms with Crippen LogP contribution < -0.4 is 0 Å². The largest absolute Gasteiger partial charge is 0.293 e. The molecule has 3 rings (SSSR count). The van der Waals surface area contributed by atoms with Crippen LogP contribution in [0.4, 0.5) is 0 Å². The van der Waals surface area contributed by atoms with Crippen molar-refractivity contribution >= 4 is 32.3 Å². The minimum atomic E-state index is 0.